The van der Waals surface area contributed by atoms with Crippen LogP contribution in [0.5, 0.6) is 0 Å². The summed E-state index contributed by atoms with van der Waals surface area (Å²) >= 11 is 5.33. The third kappa shape index (κ3) is 6.19. The number of hydroxylamine groups is 2. The van der Waals surface area contributed by atoms with Gasteiger partial charge in [0.15, 0.2) is 5.65 Å². The van der Waals surface area contributed by atoms with E-state index in [9.17, 15) is 9.18 Å². The van der Waals surface area contributed by atoms with E-state index in [1.807, 2.05) is 39.1 Å². The van der Waals surface area contributed by atoms with Crippen molar-refractivity contribution in [2.75, 3.05) is 30.8 Å². The van der Waals surface area contributed by atoms with E-state index in [0.717, 1.165) is 28.6 Å². The Labute approximate surface area is 224 Å². The van der Waals surface area contributed by atoms with E-state index in [0.29, 0.717) is 36.9 Å². The van der Waals surface area contributed by atoms with Crippen LogP contribution in [0.1, 0.15) is 30.2 Å². The second kappa shape index (κ2) is 12.4. The minimum atomic E-state index is -0.367. The summed E-state index contributed by atoms with van der Waals surface area (Å²) in [6.07, 6.45) is 2.36. The highest BCUT2D eigenvalue weighted by Gasteiger charge is 2.19. The molecule has 1 fully saturated rings. The number of amides is 2. The molecule has 1 aliphatic heterocycles. The van der Waals surface area contributed by atoms with E-state index in [2.05, 4.69) is 37.5 Å². The first-order valence-corrected chi connectivity index (χ1v) is 12.4. The SMILES string of the molecule is CCn1nc(C#Cc2cc(NC(=O)N3CCCO3)ccc2C)c2c(NC)ncnc21.Fc1ccccc1Cl. The average molecular weight is 536 g/mol. The molecule has 4 aromatic rings. The van der Waals surface area contributed by atoms with Crippen LogP contribution in [0.4, 0.5) is 20.7 Å². The number of urea groups is 1. The van der Waals surface area contributed by atoms with Crippen LogP contribution in [0, 0.1) is 24.6 Å². The molecule has 0 atom stereocenters. The van der Waals surface area contributed by atoms with Gasteiger partial charge in [0.1, 0.15) is 23.7 Å². The van der Waals surface area contributed by atoms with Crippen LogP contribution in [0.2, 0.25) is 5.02 Å². The van der Waals surface area contributed by atoms with Crippen molar-refractivity contribution in [3.8, 4) is 11.8 Å². The molecule has 196 valence electrons. The number of fused-ring (bicyclic) bond motifs is 1. The summed E-state index contributed by atoms with van der Waals surface area (Å²) in [6, 6.07) is 11.5. The molecular formula is C27H27ClFN7O2. The number of carbonyl (C=O) groups excluding carboxylic acids is 1. The summed E-state index contributed by atoms with van der Waals surface area (Å²) in [6.45, 7) is 5.81. The molecule has 0 bridgehead atoms. The minimum absolute atomic E-state index is 0.174. The van der Waals surface area contributed by atoms with Gasteiger partial charge < -0.3 is 10.6 Å². The van der Waals surface area contributed by atoms with Crippen LogP contribution in [0.15, 0.2) is 48.8 Å². The quantitative estimate of drug-likeness (QED) is 0.348. The second-order valence-electron chi connectivity index (χ2n) is 8.25. The van der Waals surface area contributed by atoms with E-state index < -0.39 is 0 Å². The molecule has 2 amide bonds. The van der Waals surface area contributed by atoms with Crippen LogP contribution in [-0.2, 0) is 11.4 Å². The van der Waals surface area contributed by atoms with Crippen molar-refractivity contribution in [3.05, 3.63) is 76.5 Å². The molecule has 11 heteroatoms. The predicted octanol–water partition coefficient (Wildman–Crippen LogP) is 5.24. The standard InChI is InChI=1S/C21H23N7O2.C6H4ClF/c1-4-27-20-18(19(22-3)23-13-24-20)17(26-27)9-7-15-12-16(8-6-14(15)2)25-21(29)28-10-5-11-30-28;7-5-3-1-2-4-6(5)8/h6,8,12-13H,4-5,10-11H2,1-3H3,(H,25,29)(H,22,23,24);1-4H. The van der Waals surface area contributed by atoms with E-state index in [1.165, 1.54) is 23.5 Å². The van der Waals surface area contributed by atoms with Crippen LogP contribution in [0.3, 0.4) is 0 Å². The summed E-state index contributed by atoms with van der Waals surface area (Å²) in [5.41, 5.74) is 3.81. The highest BCUT2D eigenvalue weighted by Crippen LogP contribution is 2.23. The van der Waals surface area contributed by atoms with Gasteiger partial charge >= 0.3 is 6.03 Å². The third-order valence-electron chi connectivity index (χ3n) is 5.67. The van der Waals surface area contributed by atoms with Crippen LogP contribution in [-0.4, -0.2) is 51.0 Å². The van der Waals surface area contributed by atoms with E-state index in [1.54, 1.807) is 16.8 Å². The van der Waals surface area contributed by atoms with Gasteiger partial charge in [-0.05, 0) is 56.0 Å². The maximum atomic E-state index is 12.3. The molecule has 9 nitrogen and oxygen atoms in total. The van der Waals surface area contributed by atoms with Gasteiger partial charge in [0.05, 0.1) is 23.6 Å². The number of hydrogen-bond donors (Lipinski definition) is 2. The summed E-state index contributed by atoms with van der Waals surface area (Å²) < 4.78 is 14.0. The van der Waals surface area contributed by atoms with Crippen LogP contribution >= 0.6 is 11.6 Å². The molecule has 0 spiro atoms. The number of hydrogen-bond acceptors (Lipinski definition) is 6. The molecular weight excluding hydrogens is 509 g/mol. The monoisotopic (exact) mass is 535 g/mol. The number of rotatable bonds is 3. The lowest BCUT2D eigenvalue weighted by molar-refractivity contribution is -0.0614. The average Bonchev–Trinajstić information content (AvgIpc) is 3.59. The van der Waals surface area contributed by atoms with Crippen LogP contribution < -0.4 is 10.6 Å². The number of halogens is 2. The normalized spacial score (nSPS) is 12.4. The zero-order chi connectivity index (χ0) is 27.1. The van der Waals surface area contributed by atoms with Crippen molar-refractivity contribution in [1.29, 1.82) is 0 Å². The van der Waals surface area contributed by atoms with Gasteiger partial charge in [0.25, 0.3) is 0 Å². The second-order valence-corrected chi connectivity index (χ2v) is 8.66. The maximum absolute atomic E-state index is 12.3. The summed E-state index contributed by atoms with van der Waals surface area (Å²) in [5.74, 6) is 6.67. The Bertz CT molecular complexity index is 1490. The first-order valence-electron chi connectivity index (χ1n) is 12.0. The van der Waals surface area contributed by atoms with E-state index in [-0.39, 0.29) is 16.9 Å². The Kier molecular flexibility index (Phi) is 8.73. The number of nitrogens with zero attached hydrogens (tertiary/aromatic N) is 5. The van der Waals surface area contributed by atoms with Crippen molar-refractivity contribution >= 4 is 40.2 Å². The van der Waals surface area contributed by atoms with Crippen molar-refractivity contribution < 1.29 is 14.0 Å². The van der Waals surface area contributed by atoms with Crippen molar-refractivity contribution in [2.24, 2.45) is 0 Å². The number of carbonyl (C=O) groups is 1. The molecule has 2 N–H and O–H groups in total. The highest BCUT2D eigenvalue weighted by atomic mass is 35.5. The molecule has 0 radical (unpaired) electrons. The van der Waals surface area contributed by atoms with Crippen molar-refractivity contribution in [1.82, 2.24) is 24.8 Å². The number of nitrogens with one attached hydrogen (secondary N) is 2. The molecule has 5 rings (SSSR count). The minimum Gasteiger partial charge on any atom is -0.372 e. The van der Waals surface area contributed by atoms with E-state index >= 15 is 0 Å². The highest BCUT2D eigenvalue weighted by molar-refractivity contribution is 6.30. The fourth-order valence-electron chi connectivity index (χ4n) is 3.70. The molecule has 2 aromatic carbocycles. The molecule has 1 saturated heterocycles. The smallest absolute Gasteiger partial charge is 0.345 e. The molecule has 0 unspecified atom stereocenters. The molecule has 1 aliphatic rings. The predicted molar refractivity (Wildman–Crippen MR) is 145 cm³/mol. The van der Waals surface area contributed by atoms with Crippen LogP contribution in [0.25, 0.3) is 11.0 Å². The number of aryl methyl sites for hydroxylation is 2. The zero-order valence-electron chi connectivity index (χ0n) is 21.3. The van der Waals surface area contributed by atoms with Gasteiger partial charge in [-0.25, -0.2) is 28.9 Å². The Morgan fingerprint density at radius 3 is 2.68 bits per heavy atom. The third-order valence-corrected chi connectivity index (χ3v) is 5.98. The fraction of sp³-hybridized carbons (Fsp3) is 0.259. The first kappa shape index (κ1) is 26.9. The molecule has 0 saturated carbocycles. The molecule has 38 heavy (non-hydrogen) atoms. The van der Waals surface area contributed by atoms with Gasteiger partial charge in [0.2, 0.25) is 0 Å². The number of aromatic nitrogens is 4. The number of benzene rings is 2. The Morgan fingerprint density at radius 1 is 1.21 bits per heavy atom. The van der Waals surface area contributed by atoms with E-state index in [4.69, 9.17) is 16.4 Å². The van der Waals surface area contributed by atoms with Crippen molar-refractivity contribution in [2.45, 2.75) is 26.8 Å². The van der Waals surface area contributed by atoms with Gasteiger partial charge in [-0.2, -0.15) is 5.10 Å². The maximum Gasteiger partial charge on any atom is 0.345 e. The first-order chi connectivity index (χ1) is 18.4. The van der Waals surface area contributed by atoms with Gasteiger partial charge in [0, 0.05) is 24.8 Å². The summed E-state index contributed by atoms with van der Waals surface area (Å²) in [7, 11) is 1.81. The zero-order valence-corrected chi connectivity index (χ0v) is 22.0. The lowest BCUT2D eigenvalue weighted by Gasteiger charge is -2.15. The molecule has 2 aromatic heterocycles. The Hall–Kier alpha value is -4.20. The topological polar surface area (TPSA) is 97.2 Å². The lowest BCUT2D eigenvalue weighted by atomic mass is 10.1. The Morgan fingerprint density at radius 2 is 2.03 bits per heavy atom. The number of anilines is 2. The van der Waals surface area contributed by atoms with Crippen molar-refractivity contribution in [3.63, 3.8) is 0 Å². The molecule has 3 heterocycles. The van der Waals surface area contributed by atoms with Gasteiger partial charge in [-0.15, -0.1) is 0 Å². The Balaban J connectivity index is 0.000000360. The molecule has 0 aliphatic carbocycles. The van der Waals surface area contributed by atoms with Gasteiger partial charge in [-0.1, -0.05) is 35.7 Å². The summed E-state index contributed by atoms with van der Waals surface area (Å²) in [5, 5.41) is 12.8. The van der Waals surface area contributed by atoms with Gasteiger partial charge in [-0.3, -0.25) is 4.84 Å². The summed E-state index contributed by atoms with van der Waals surface area (Å²) in [4.78, 5) is 26.2. The lowest BCUT2D eigenvalue weighted by Crippen LogP contribution is -2.31. The largest absolute Gasteiger partial charge is 0.372 e. The fourth-order valence-corrected chi connectivity index (χ4v) is 3.84.